The van der Waals surface area contributed by atoms with Crippen molar-refractivity contribution in [2.24, 2.45) is 0 Å². The van der Waals surface area contributed by atoms with Crippen LogP contribution < -0.4 is 15.4 Å². The van der Waals surface area contributed by atoms with Crippen LogP contribution in [0.4, 0.5) is 5.69 Å². The lowest BCUT2D eigenvalue weighted by Crippen LogP contribution is -2.38. The Hall–Kier alpha value is -2.07. The summed E-state index contributed by atoms with van der Waals surface area (Å²) in [6, 6.07) is 18.1. The molecule has 0 spiro atoms. The second-order valence-electron chi connectivity index (χ2n) is 5.84. The first-order chi connectivity index (χ1) is 11.3. The van der Waals surface area contributed by atoms with Crippen LogP contribution in [0.3, 0.4) is 0 Å². The lowest BCUT2D eigenvalue weighted by molar-refractivity contribution is 0.414. The summed E-state index contributed by atoms with van der Waals surface area (Å²) in [6.07, 6.45) is 6.31. The van der Waals surface area contributed by atoms with E-state index in [2.05, 4.69) is 10.6 Å². The fraction of sp³-hybridized carbons (Fsp3) is 0.316. The Morgan fingerprint density at radius 3 is 2.39 bits per heavy atom. The zero-order chi connectivity index (χ0) is 15.9. The predicted octanol–water partition coefficient (Wildman–Crippen LogP) is 5.10. The Bertz CT molecular complexity index is 639. The van der Waals surface area contributed by atoms with Gasteiger partial charge in [-0.3, -0.25) is 0 Å². The smallest absolute Gasteiger partial charge is 0.171 e. The van der Waals surface area contributed by atoms with Gasteiger partial charge in [0.15, 0.2) is 10.9 Å². The number of hydrogen-bond donors (Lipinski definition) is 2. The van der Waals surface area contributed by atoms with Crippen molar-refractivity contribution in [3.05, 3.63) is 54.6 Å². The van der Waals surface area contributed by atoms with Gasteiger partial charge in [0.1, 0.15) is 5.75 Å². The molecule has 0 radical (unpaired) electrons. The molecule has 2 aromatic rings. The molecule has 120 valence electrons. The summed E-state index contributed by atoms with van der Waals surface area (Å²) in [6.45, 7) is 0. The molecule has 0 bridgehead atoms. The van der Waals surface area contributed by atoms with Crippen LogP contribution in [0.25, 0.3) is 0 Å². The Morgan fingerprint density at radius 2 is 1.61 bits per heavy atom. The summed E-state index contributed by atoms with van der Waals surface area (Å²) >= 11 is 5.46. The molecule has 2 aromatic carbocycles. The van der Waals surface area contributed by atoms with E-state index < -0.39 is 0 Å². The van der Waals surface area contributed by atoms with Crippen molar-refractivity contribution >= 4 is 23.0 Å². The van der Waals surface area contributed by atoms with Crippen molar-refractivity contribution in [3.8, 4) is 11.5 Å². The molecule has 3 nitrogen and oxygen atoms in total. The first-order valence-electron chi connectivity index (χ1n) is 8.21. The Kier molecular flexibility index (Phi) is 5.48. The number of rotatable bonds is 4. The highest BCUT2D eigenvalue weighted by atomic mass is 32.1. The molecule has 1 aliphatic carbocycles. The van der Waals surface area contributed by atoms with Gasteiger partial charge in [0, 0.05) is 6.04 Å². The van der Waals surface area contributed by atoms with Gasteiger partial charge in [0.25, 0.3) is 0 Å². The molecule has 0 aromatic heterocycles. The van der Waals surface area contributed by atoms with Gasteiger partial charge in [-0.15, -0.1) is 0 Å². The molecule has 23 heavy (non-hydrogen) atoms. The fourth-order valence-electron chi connectivity index (χ4n) is 2.87. The second-order valence-corrected chi connectivity index (χ2v) is 6.25. The Labute approximate surface area is 143 Å². The van der Waals surface area contributed by atoms with E-state index in [4.69, 9.17) is 17.0 Å². The SMILES string of the molecule is S=C(Nc1ccccc1Oc1ccccc1)NC1CCCCC1. The van der Waals surface area contributed by atoms with Crippen LogP contribution in [-0.4, -0.2) is 11.2 Å². The highest BCUT2D eigenvalue weighted by Gasteiger charge is 2.14. The van der Waals surface area contributed by atoms with E-state index in [1.807, 2.05) is 54.6 Å². The molecule has 1 saturated carbocycles. The topological polar surface area (TPSA) is 33.3 Å². The molecule has 0 saturated heterocycles. The van der Waals surface area contributed by atoms with Gasteiger partial charge >= 0.3 is 0 Å². The minimum Gasteiger partial charge on any atom is -0.455 e. The van der Waals surface area contributed by atoms with E-state index in [-0.39, 0.29) is 0 Å². The number of para-hydroxylation sites is 3. The number of benzene rings is 2. The molecule has 0 aliphatic heterocycles. The number of anilines is 1. The van der Waals surface area contributed by atoms with Crippen LogP contribution in [0.2, 0.25) is 0 Å². The summed E-state index contributed by atoms with van der Waals surface area (Å²) in [7, 11) is 0. The number of hydrogen-bond acceptors (Lipinski definition) is 2. The number of thiocarbonyl (C=S) groups is 1. The Balaban J connectivity index is 1.64. The quantitative estimate of drug-likeness (QED) is 0.766. The zero-order valence-electron chi connectivity index (χ0n) is 13.1. The van der Waals surface area contributed by atoms with Crippen molar-refractivity contribution in [1.82, 2.24) is 5.32 Å². The van der Waals surface area contributed by atoms with Crippen molar-refractivity contribution < 1.29 is 4.74 Å². The second kappa shape index (κ2) is 7.97. The number of ether oxygens (including phenoxy) is 1. The molecule has 0 amide bonds. The zero-order valence-corrected chi connectivity index (χ0v) is 13.9. The molecule has 0 atom stereocenters. The molecule has 3 rings (SSSR count). The normalized spacial score (nSPS) is 15.0. The molecule has 2 N–H and O–H groups in total. The summed E-state index contributed by atoms with van der Waals surface area (Å²) in [5, 5.41) is 7.36. The largest absolute Gasteiger partial charge is 0.455 e. The minimum atomic E-state index is 0.492. The van der Waals surface area contributed by atoms with Crippen LogP contribution in [0.1, 0.15) is 32.1 Å². The van der Waals surface area contributed by atoms with Crippen LogP contribution in [0, 0.1) is 0 Å². The van der Waals surface area contributed by atoms with E-state index >= 15 is 0 Å². The summed E-state index contributed by atoms with van der Waals surface area (Å²) in [4.78, 5) is 0. The van der Waals surface area contributed by atoms with Crippen LogP contribution >= 0.6 is 12.2 Å². The fourth-order valence-corrected chi connectivity index (χ4v) is 3.14. The first kappa shape index (κ1) is 15.8. The van der Waals surface area contributed by atoms with E-state index in [0.717, 1.165) is 17.2 Å². The van der Waals surface area contributed by atoms with E-state index in [9.17, 15) is 0 Å². The van der Waals surface area contributed by atoms with Crippen molar-refractivity contribution in [3.63, 3.8) is 0 Å². The lowest BCUT2D eigenvalue weighted by Gasteiger charge is -2.24. The van der Waals surface area contributed by atoms with Gasteiger partial charge in [-0.25, -0.2) is 0 Å². The number of nitrogens with one attached hydrogen (secondary N) is 2. The maximum Gasteiger partial charge on any atom is 0.171 e. The summed E-state index contributed by atoms with van der Waals surface area (Å²) < 4.78 is 5.95. The van der Waals surface area contributed by atoms with Crippen molar-refractivity contribution in [2.45, 2.75) is 38.1 Å². The first-order valence-corrected chi connectivity index (χ1v) is 8.61. The molecule has 4 heteroatoms. The molecule has 1 aliphatic rings. The van der Waals surface area contributed by atoms with Crippen LogP contribution in [0.5, 0.6) is 11.5 Å². The van der Waals surface area contributed by atoms with Crippen LogP contribution in [-0.2, 0) is 0 Å². The van der Waals surface area contributed by atoms with Crippen molar-refractivity contribution in [2.75, 3.05) is 5.32 Å². The average molecular weight is 326 g/mol. The third kappa shape index (κ3) is 4.70. The Morgan fingerprint density at radius 1 is 0.913 bits per heavy atom. The maximum atomic E-state index is 5.95. The van der Waals surface area contributed by atoms with Crippen molar-refractivity contribution in [1.29, 1.82) is 0 Å². The van der Waals surface area contributed by atoms with E-state index in [1.165, 1.54) is 32.1 Å². The molecule has 0 unspecified atom stereocenters. The molecule has 0 heterocycles. The minimum absolute atomic E-state index is 0.492. The predicted molar refractivity (Wildman–Crippen MR) is 99.2 cm³/mol. The van der Waals surface area contributed by atoms with Gasteiger partial charge in [-0.05, 0) is 49.3 Å². The summed E-state index contributed by atoms with van der Waals surface area (Å²) in [5.74, 6) is 1.58. The van der Waals surface area contributed by atoms with E-state index in [0.29, 0.717) is 11.2 Å². The van der Waals surface area contributed by atoms with Gasteiger partial charge in [-0.2, -0.15) is 0 Å². The average Bonchev–Trinajstić information content (AvgIpc) is 2.58. The third-order valence-corrected chi connectivity index (χ3v) is 4.27. The van der Waals surface area contributed by atoms with Gasteiger partial charge in [0.05, 0.1) is 5.69 Å². The molecular formula is C19H22N2OS. The molecular weight excluding hydrogens is 304 g/mol. The molecule has 1 fully saturated rings. The van der Waals surface area contributed by atoms with Crippen LogP contribution in [0.15, 0.2) is 54.6 Å². The highest BCUT2D eigenvalue weighted by molar-refractivity contribution is 7.80. The highest BCUT2D eigenvalue weighted by Crippen LogP contribution is 2.29. The van der Waals surface area contributed by atoms with Gasteiger partial charge in [0.2, 0.25) is 0 Å². The van der Waals surface area contributed by atoms with Gasteiger partial charge < -0.3 is 15.4 Å². The summed E-state index contributed by atoms with van der Waals surface area (Å²) in [5.41, 5.74) is 0.879. The monoisotopic (exact) mass is 326 g/mol. The maximum absolute atomic E-state index is 5.95. The van der Waals surface area contributed by atoms with E-state index in [1.54, 1.807) is 0 Å². The van der Waals surface area contributed by atoms with Gasteiger partial charge in [-0.1, -0.05) is 49.6 Å². The third-order valence-electron chi connectivity index (χ3n) is 4.05. The lowest BCUT2D eigenvalue weighted by atomic mass is 9.96. The standard InChI is InChI=1S/C19H22N2OS/c23-19(20-15-9-3-1-4-10-15)21-17-13-7-8-14-18(17)22-16-11-5-2-6-12-16/h2,5-8,11-15H,1,3-4,9-10H2,(H2,20,21,23).